The van der Waals surface area contributed by atoms with E-state index in [9.17, 15) is 18.0 Å². The number of pyridine rings is 1. The molecule has 0 unspecified atom stereocenters. The van der Waals surface area contributed by atoms with Crippen molar-refractivity contribution in [3.63, 3.8) is 0 Å². The Morgan fingerprint density at radius 1 is 1.29 bits per heavy atom. The van der Waals surface area contributed by atoms with Crippen molar-refractivity contribution in [2.45, 2.75) is 45.0 Å². The zero-order valence-electron chi connectivity index (χ0n) is 16.7. The first-order chi connectivity index (χ1) is 14.1. The van der Waals surface area contributed by atoms with Crippen LogP contribution in [0.3, 0.4) is 0 Å². The third kappa shape index (κ3) is 5.87. The summed E-state index contributed by atoms with van der Waals surface area (Å²) in [5.41, 5.74) is 5.26. The number of ether oxygens (including phenoxy) is 1. The molecule has 2 aromatic heterocycles. The van der Waals surface area contributed by atoms with Crippen LogP contribution in [0.1, 0.15) is 43.3 Å². The van der Waals surface area contributed by atoms with E-state index in [1.54, 1.807) is 13.8 Å². The molecule has 3 aromatic rings. The Kier molecular flexibility index (Phi) is 7.91. The van der Waals surface area contributed by atoms with E-state index in [4.69, 9.17) is 22.1 Å². The molecule has 0 aliphatic rings. The number of rotatable bonds is 6. The Bertz CT molecular complexity index is 1120. The van der Waals surface area contributed by atoms with Gasteiger partial charge in [0.2, 0.25) is 0 Å². The number of alkyl halides is 3. The summed E-state index contributed by atoms with van der Waals surface area (Å²) in [5.74, 6) is 0.106. The highest BCUT2D eigenvalue weighted by atomic mass is 35.5. The van der Waals surface area contributed by atoms with Crippen LogP contribution in [0.15, 0.2) is 35.3 Å². The quantitative estimate of drug-likeness (QED) is 0.496. The molecule has 0 spiro atoms. The normalized spacial score (nSPS) is 13.5. The summed E-state index contributed by atoms with van der Waals surface area (Å²) in [4.78, 5) is 23.1. The van der Waals surface area contributed by atoms with E-state index in [-0.39, 0.29) is 40.9 Å². The van der Waals surface area contributed by atoms with Crippen LogP contribution in [0, 0.1) is 0 Å². The van der Waals surface area contributed by atoms with Gasteiger partial charge in [0.05, 0.1) is 28.8 Å². The van der Waals surface area contributed by atoms with E-state index in [1.807, 2.05) is 0 Å². The topological polar surface area (TPSA) is 93.9 Å². The maximum atomic E-state index is 13.4. The highest BCUT2D eigenvalue weighted by Gasteiger charge is 2.36. The predicted molar refractivity (Wildman–Crippen MR) is 115 cm³/mol. The second-order valence-corrected chi connectivity index (χ2v) is 7.40. The first-order valence-electron chi connectivity index (χ1n) is 9.23. The van der Waals surface area contributed by atoms with Crippen molar-refractivity contribution in [2.75, 3.05) is 0 Å². The van der Waals surface area contributed by atoms with Crippen LogP contribution in [0.5, 0.6) is 5.75 Å². The van der Waals surface area contributed by atoms with Gasteiger partial charge in [-0.15, -0.1) is 12.4 Å². The average Bonchev–Trinajstić information content (AvgIpc) is 2.66. The van der Waals surface area contributed by atoms with E-state index >= 15 is 0 Å². The highest BCUT2D eigenvalue weighted by Crippen LogP contribution is 2.40. The molecule has 6 nitrogen and oxygen atoms in total. The van der Waals surface area contributed by atoms with Crippen LogP contribution < -0.4 is 16.0 Å². The molecule has 1 aromatic carbocycles. The van der Waals surface area contributed by atoms with Gasteiger partial charge in [0.1, 0.15) is 16.7 Å². The van der Waals surface area contributed by atoms with Gasteiger partial charge in [-0.2, -0.15) is 13.2 Å². The van der Waals surface area contributed by atoms with Gasteiger partial charge in [-0.05, 0) is 32.4 Å². The number of nitrogens with two attached hydrogens (primary N) is 1. The molecule has 2 atom stereocenters. The molecule has 0 bridgehead atoms. The van der Waals surface area contributed by atoms with Crippen LogP contribution >= 0.6 is 24.0 Å². The molecule has 3 rings (SSSR count). The Labute approximate surface area is 187 Å². The van der Waals surface area contributed by atoms with Crippen molar-refractivity contribution >= 4 is 34.9 Å². The number of aromatic nitrogens is 3. The molecular formula is C20H21Cl2F3N4O2. The number of hydrogen-bond donors (Lipinski definition) is 2. The first kappa shape index (κ1) is 24.9. The second kappa shape index (κ2) is 9.84. The Balaban J connectivity index is 0.00000341. The van der Waals surface area contributed by atoms with Crippen molar-refractivity contribution in [3.05, 3.63) is 62.9 Å². The van der Waals surface area contributed by atoms with Crippen LogP contribution in [-0.2, 0) is 12.6 Å². The number of aryl methyl sites for hydroxylation is 1. The summed E-state index contributed by atoms with van der Waals surface area (Å²) >= 11 is 5.79. The summed E-state index contributed by atoms with van der Waals surface area (Å²) in [6, 6.07) is 4.58. The van der Waals surface area contributed by atoms with Crippen LogP contribution in [0.4, 0.5) is 13.2 Å². The fourth-order valence-corrected chi connectivity index (χ4v) is 3.21. The van der Waals surface area contributed by atoms with E-state index in [2.05, 4.69) is 15.0 Å². The lowest BCUT2D eigenvalue weighted by Gasteiger charge is -2.23. The maximum absolute atomic E-state index is 13.4. The number of halogens is 5. The fraction of sp³-hybridized carbons (Fsp3) is 0.350. The summed E-state index contributed by atoms with van der Waals surface area (Å²) in [7, 11) is 0. The molecule has 0 fully saturated rings. The number of nitrogens with one attached hydrogen (secondary N) is 1. The van der Waals surface area contributed by atoms with E-state index < -0.39 is 23.9 Å². The molecule has 0 aliphatic carbocycles. The molecule has 0 saturated heterocycles. The van der Waals surface area contributed by atoms with Gasteiger partial charge >= 0.3 is 6.18 Å². The largest absolute Gasteiger partial charge is 0.490 e. The van der Waals surface area contributed by atoms with Gasteiger partial charge in [0.15, 0.2) is 0 Å². The lowest BCUT2D eigenvalue weighted by molar-refractivity contribution is -0.139. The number of benzene rings is 1. The number of nitrogens with zero attached hydrogens (tertiary/aromatic N) is 2. The van der Waals surface area contributed by atoms with E-state index in [0.29, 0.717) is 23.1 Å². The highest BCUT2D eigenvalue weighted by molar-refractivity contribution is 6.30. The first-order valence-corrected chi connectivity index (χ1v) is 9.61. The molecule has 0 saturated carbocycles. The van der Waals surface area contributed by atoms with Crippen molar-refractivity contribution in [3.8, 4) is 5.75 Å². The molecule has 168 valence electrons. The smallest absolute Gasteiger partial charge is 0.419 e. The summed E-state index contributed by atoms with van der Waals surface area (Å²) in [6.07, 6.45) is -3.16. The molecule has 31 heavy (non-hydrogen) atoms. The van der Waals surface area contributed by atoms with Gasteiger partial charge in [-0.3, -0.25) is 4.79 Å². The number of hydrogen-bond acceptors (Lipinski definition) is 5. The van der Waals surface area contributed by atoms with Crippen LogP contribution in [-0.4, -0.2) is 21.1 Å². The zero-order chi connectivity index (χ0) is 22.1. The minimum atomic E-state index is -4.57. The van der Waals surface area contributed by atoms with Gasteiger partial charge in [0.25, 0.3) is 5.56 Å². The minimum absolute atomic E-state index is 0. The summed E-state index contributed by atoms with van der Waals surface area (Å²) < 4.78 is 46.0. The standard InChI is InChI=1S/C20H20ClF3N4O2.ClH/c1-10(30-18-12(11(2)25)4-3-5-14(18)20(22,23)24)6-7-17-27-15-9-26-16(21)8-13(15)19(29)28-17;/h3-5,8-11H,6-7,25H2,1-2H3,(H,27,28,29);1H/t10-,11-;/m1./s1. The molecule has 0 amide bonds. The third-order valence-corrected chi connectivity index (χ3v) is 4.76. The summed E-state index contributed by atoms with van der Waals surface area (Å²) in [6.45, 7) is 3.25. The molecular weight excluding hydrogens is 456 g/mol. The zero-order valence-corrected chi connectivity index (χ0v) is 18.2. The van der Waals surface area contributed by atoms with Crippen LogP contribution in [0.2, 0.25) is 5.15 Å². The van der Waals surface area contributed by atoms with Crippen molar-refractivity contribution in [1.82, 2.24) is 15.0 Å². The maximum Gasteiger partial charge on any atom is 0.419 e. The van der Waals surface area contributed by atoms with Gasteiger partial charge < -0.3 is 15.5 Å². The molecule has 0 radical (unpaired) electrons. The average molecular weight is 477 g/mol. The SMILES string of the molecule is C[C@H](CCc1nc2cnc(Cl)cc2c(=O)[nH]1)Oc1c([C@@H](C)N)cccc1C(F)(F)F.Cl. The Hall–Kier alpha value is -2.36. The van der Waals surface area contributed by atoms with E-state index in [0.717, 1.165) is 6.07 Å². The monoisotopic (exact) mass is 476 g/mol. The molecule has 0 aliphatic heterocycles. The van der Waals surface area contributed by atoms with Gasteiger partial charge in [-0.25, -0.2) is 9.97 Å². The Morgan fingerprint density at radius 3 is 2.65 bits per heavy atom. The van der Waals surface area contributed by atoms with Gasteiger partial charge in [-0.1, -0.05) is 23.7 Å². The second-order valence-electron chi connectivity index (χ2n) is 7.01. The molecule has 3 N–H and O–H groups in total. The lowest BCUT2D eigenvalue weighted by Crippen LogP contribution is -2.20. The number of aromatic amines is 1. The predicted octanol–water partition coefficient (Wildman–Crippen LogP) is 4.83. The number of para-hydroxylation sites is 1. The van der Waals surface area contributed by atoms with Crippen molar-refractivity contribution < 1.29 is 17.9 Å². The van der Waals surface area contributed by atoms with Crippen molar-refractivity contribution in [2.24, 2.45) is 5.73 Å². The molecule has 2 heterocycles. The minimum Gasteiger partial charge on any atom is -0.490 e. The van der Waals surface area contributed by atoms with Crippen molar-refractivity contribution in [1.29, 1.82) is 0 Å². The Morgan fingerprint density at radius 2 is 2.00 bits per heavy atom. The fourth-order valence-electron chi connectivity index (χ4n) is 3.05. The molecule has 11 heteroatoms. The summed E-state index contributed by atoms with van der Waals surface area (Å²) in [5, 5.41) is 0.488. The van der Waals surface area contributed by atoms with Gasteiger partial charge in [0, 0.05) is 18.0 Å². The van der Waals surface area contributed by atoms with Crippen LogP contribution in [0.25, 0.3) is 10.9 Å². The lowest BCUT2D eigenvalue weighted by atomic mass is 10.0. The number of H-pyrrole nitrogens is 1. The third-order valence-electron chi connectivity index (χ3n) is 4.56. The number of fused-ring (bicyclic) bond motifs is 1. The van der Waals surface area contributed by atoms with E-state index in [1.165, 1.54) is 24.4 Å².